The number of nitrogens with two attached hydrogens (primary N) is 1. The average Bonchev–Trinajstić information content (AvgIpc) is 2.69. The number of benzene rings is 3. The van der Waals surface area contributed by atoms with Crippen molar-refractivity contribution in [2.45, 2.75) is 32.1 Å². The van der Waals surface area contributed by atoms with Gasteiger partial charge in [0.05, 0.1) is 0 Å². The van der Waals surface area contributed by atoms with Crippen LogP contribution in [-0.4, -0.2) is 6.54 Å². The van der Waals surface area contributed by atoms with E-state index in [0.29, 0.717) is 0 Å². The topological polar surface area (TPSA) is 26.0 Å². The molecule has 0 spiro atoms. The molecule has 0 fully saturated rings. The molecule has 0 aliphatic carbocycles. The molecular weight excluding hydrogens is 314 g/mol. The summed E-state index contributed by atoms with van der Waals surface area (Å²) in [4.78, 5) is 0. The molecule has 0 heterocycles. The molecule has 0 unspecified atom stereocenters. The highest BCUT2D eigenvalue weighted by molar-refractivity contribution is 5.24. The van der Waals surface area contributed by atoms with E-state index < -0.39 is 0 Å². The van der Waals surface area contributed by atoms with Crippen LogP contribution in [0.1, 0.15) is 29.5 Å². The highest BCUT2D eigenvalue weighted by Gasteiger charge is 2.30. The molecule has 0 aromatic heterocycles. The summed E-state index contributed by atoms with van der Waals surface area (Å²) >= 11 is 0. The Bertz CT molecular complexity index is 649. The Kier molecular flexibility index (Phi) is 6.62. The zero-order chi connectivity index (χ0) is 18.1. The highest BCUT2D eigenvalue weighted by atomic mass is 14.5. The molecular formula is C25H29N. The third-order valence-corrected chi connectivity index (χ3v) is 5.18. The molecule has 134 valence electrons. The third-order valence-electron chi connectivity index (χ3n) is 5.18. The Morgan fingerprint density at radius 2 is 0.885 bits per heavy atom. The Hall–Kier alpha value is -2.38. The van der Waals surface area contributed by atoms with Crippen LogP contribution in [0.3, 0.4) is 0 Å². The van der Waals surface area contributed by atoms with Crippen molar-refractivity contribution in [1.29, 1.82) is 0 Å². The van der Waals surface area contributed by atoms with E-state index in [9.17, 15) is 0 Å². The number of hydrogen-bond donors (Lipinski definition) is 1. The van der Waals surface area contributed by atoms with Gasteiger partial charge in [-0.3, -0.25) is 0 Å². The summed E-state index contributed by atoms with van der Waals surface area (Å²) < 4.78 is 0. The first-order chi connectivity index (χ1) is 12.8. The first-order valence-electron chi connectivity index (χ1n) is 9.62. The monoisotopic (exact) mass is 343 g/mol. The number of rotatable bonds is 9. The van der Waals surface area contributed by atoms with Crippen molar-refractivity contribution in [3.63, 3.8) is 0 Å². The molecule has 26 heavy (non-hydrogen) atoms. The zero-order valence-electron chi connectivity index (χ0n) is 15.5. The van der Waals surface area contributed by atoms with Crippen LogP contribution in [0.5, 0.6) is 0 Å². The summed E-state index contributed by atoms with van der Waals surface area (Å²) in [5.74, 6) is 0. The minimum absolute atomic E-state index is 0.184. The fourth-order valence-electron chi connectivity index (χ4n) is 4.02. The van der Waals surface area contributed by atoms with Crippen molar-refractivity contribution >= 4 is 0 Å². The number of hydrogen-bond acceptors (Lipinski definition) is 1. The maximum absolute atomic E-state index is 5.92. The van der Waals surface area contributed by atoms with Gasteiger partial charge in [0.1, 0.15) is 0 Å². The van der Waals surface area contributed by atoms with E-state index in [-0.39, 0.29) is 5.41 Å². The van der Waals surface area contributed by atoms with E-state index >= 15 is 0 Å². The second-order valence-electron chi connectivity index (χ2n) is 7.38. The van der Waals surface area contributed by atoms with Crippen LogP contribution in [0.4, 0.5) is 0 Å². The lowest BCUT2D eigenvalue weighted by atomic mass is 9.69. The summed E-state index contributed by atoms with van der Waals surface area (Å²) in [7, 11) is 0. The molecule has 0 amide bonds. The second kappa shape index (κ2) is 9.35. The van der Waals surface area contributed by atoms with Gasteiger partial charge in [0.25, 0.3) is 0 Å². The molecule has 0 saturated heterocycles. The van der Waals surface area contributed by atoms with Gasteiger partial charge in [0.15, 0.2) is 0 Å². The van der Waals surface area contributed by atoms with Crippen LogP contribution in [-0.2, 0) is 19.3 Å². The van der Waals surface area contributed by atoms with Crippen molar-refractivity contribution in [2.75, 3.05) is 6.54 Å². The quantitative estimate of drug-likeness (QED) is 0.550. The Morgan fingerprint density at radius 1 is 0.538 bits per heavy atom. The SMILES string of the molecule is NCCCC(Cc1ccccc1)(Cc1ccccc1)Cc1ccccc1. The van der Waals surface area contributed by atoms with Crippen molar-refractivity contribution in [3.8, 4) is 0 Å². The molecule has 3 rings (SSSR count). The van der Waals surface area contributed by atoms with Gasteiger partial charge in [-0.25, -0.2) is 0 Å². The van der Waals surface area contributed by atoms with Crippen LogP contribution in [0.25, 0.3) is 0 Å². The zero-order valence-corrected chi connectivity index (χ0v) is 15.5. The lowest BCUT2D eigenvalue weighted by Gasteiger charge is -2.35. The first-order valence-corrected chi connectivity index (χ1v) is 9.62. The molecule has 0 atom stereocenters. The smallest absolute Gasteiger partial charge is 0.00771 e. The molecule has 1 heteroatoms. The standard InChI is InChI=1S/C25H29N/c26-18-10-17-25(19-22-11-4-1-5-12-22,20-23-13-6-2-7-14-23)21-24-15-8-3-9-16-24/h1-9,11-16H,10,17-21,26H2. The highest BCUT2D eigenvalue weighted by Crippen LogP contribution is 2.36. The van der Waals surface area contributed by atoms with E-state index in [1.54, 1.807) is 0 Å². The van der Waals surface area contributed by atoms with Gasteiger partial charge in [0.2, 0.25) is 0 Å². The maximum atomic E-state index is 5.92. The van der Waals surface area contributed by atoms with Crippen LogP contribution >= 0.6 is 0 Å². The van der Waals surface area contributed by atoms with Crippen molar-refractivity contribution in [3.05, 3.63) is 108 Å². The van der Waals surface area contributed by atoms with Crippen LogP contribution in [0.15, 0.2) is 91.0 Å². The normalized spacial score (nSPS) is 11.4. The molecule has 3 aromatic rings. The van der Waals surface area contributed by atoms with Crippen molar-refractivity contribution < 1.29 is 0 Å². The minimum atomic E-state index is 0.184. The second-order valence-corrected chi connectivity index (χ2v) is 7.38. The molecule has 0 radical (unpaired) electrons. The van der Waals surface area contributed by atoms with E-state index in [2.05, 4.69) is 91.0 Å². The predicted molar refractivity (Wildman–Crippen MR) is 111 cm³/mol. The lowest BCUT2D eigenvalue weighted by Crippen LogP contribution is -2.30. The summed E-state index contributed by atoms with van der Waals surface area (Å²) in [6.07, 6.45) is 5.45. The van der Waals surface area contributed by atoms with E-state index in [0.717, 1.165) is 38.6 Å². The third kappa shape index (κ3) is 5.31. The van der Waals surface area contributed by atoms with E-state index in [4.69, 9.17) is 5.73 Å². The molecule has 0 aliphatic rings. The summed E-state index contributed by atoms with van der Waals surface area (Å²) in [5, 5.41) is 0. The van der Waals surface area contributed by atoms with Gasteiger partial charge < -0.3 is 5.73 Å². The van der Waals surface area contributed by atoms with Gasteiger partial charge in [-0.1, -0.05) is 91.0 Å². The fraction of sp³-hybridized carbons (Fsp3) is 0.280. The largest absolute Gasteiger partial charge is 0.330 e. The summed E-state index contributed by atoms with van der Waals surface area (Å²) in [6.45, 7) is 0.750. The molecule has 2 N–H and O–H groups in total. The Morgan fingerprint density at radius 3 is 1.19 bits per heavy atom. The molecule has 0 aliphatic heterocycles. The molecule has 0 saturated carbocycles. The van der Waals surface area contributed by atoms with E-state index in [1.807, 2.05) is 0 Å². The van der Waals surface area contributed by atoms with Crippen molar-refractivity contribution in [2.24, 2.45) is 11.1 Å². The first kappa shape index (κ1) is 18.4. The van der Waals surface area contributed by atoms with Gasteiger partial charge in [-0.05, 0) is 60.8 Å². The van der Waals surface area contributed by atoms with E-state index in [1.165, 1.54) is 16.7 Å². The summed E-state index contributed by atoms with van der Waals surface area (Å²) in [5.41, 5.74) is 10.3. The lowest BCUT2D eigenvalue weighted by molar-refractivity contribution is 0.249. The average molecular weight is 344 g/mol. The molecule has 1 nitrogen and oxygen atoms in total. The fourth-order valence-corrected chi connectivity index (χ4v) is 4.02. The minimum Gasteiger partial charge on any atom is -0.330 e. The van der Waals surface area contributed by atoms with Gasteiger partial charge in [-0.15, -0.1) is 0 Å². The predicted octanol–water partition coefficient (Wildman–Crippen LogP) is 5.44. The van der Waals surface area contributed by atoms with Gasteiger partial charge in [0, 0.05) is 0 Å². The van der Waals surface area contributed by atoms with Gasteiger partial charge >= 0.3 is 0 Å². The molecule has 3 aromatic carbocycles. The molecule has 0 bridgehead atoms. The van der Waals surface area contributed by atoms with Crippen LogP contribution in [0, 0.1) is 5.41 Å². The maximum Gasteiger partial charge on any atom is -0.00771 e. The van der Waals surface area contributed by atoms with Gasteiger partial charge in [-0.2, -0.15) is 0 Å². The van der Waals surface area contributed by atoms with Crippen LogP contribution < -0.4 is 5.73 Å². The van der Waals surface area contributed by atoms with Crippen molar-refractivity contribution in [1.82, 2.24) is 0 Å². The summed E-state index contributed by atoms with van der Waals surface area (Å²) in [6, 6.07) is 32.7. The Labute approximate surface area is 157 Å². The van der Waals surface area contributed by atoms with Crippen LogP contribution in [0.2, 0.25) is 0 Å². The Balaban J connectivity index is 1.94.